The molecule has 0 spiro atoms. The molecule has 0 bridgehead atoms. The molecule has 2 amide bonds. The third kappa shape index (κ3) is 5.52. The lowest BCUT2D eigenvalue weighted by Gasteiger charge is -2.12. The Hall–Kier alpha value is -1.88. The number of amides is 2. The molecular weight excluding hydrogens is 244 g/mol. The van der Waals surface area contributed by atoms with Crippen LogP contribution in [0.4, 0.5) is 0 Å². The molecule has 0 aliphatic rings. The van der Waals surface area contributed by atoms with E-state index in [9.17, 15) is 14.7 Å². The van der Waals surface area contributed by atoms with Crippen LogP contribution in [0.15, 0.2) is 30.3 Å². The van der Waals surface area contributed by atoms with Crippen LogP contribution in [-0.4, -0.2) is 29.5 Å². The van der Waals surface area contributed by atoms with E-state index in [0.29, 0.717) is 5.56 Å². The second-order valence-corrected chi connectivity index (χ2v) is 4.58. The first-order chi connectivity index (χ1) is 9.00. The molecule has 0 fully saturated rings. The Kier molecular flexibility index (Phi) is 6.02. The smallest absolute Gasteiger partial charge is 0.253 e. The van der Waals surface area contributed by atoms with Gasteiger partial charge in [0, 0.05) is 19.0 Å². The number of aliphatic hydroxyl groups excluding tert-OH is 1. The fraction of sp³-hybridized carbons (Fsp3) is 0.429. The number of carbonyl (C=O) groups excluding carboxylic acids is 2. The van der Waals surface area contributed by atoms with Gasteiger partial charge in [0.2, 0.25) is 5.91 Å². The molecule has 0 saturated heterocycles. The van der Waals surface area contributed by atoms with Crippen molar-refractivity contribution in [1.29, 1.82) is 0 Å². The van der Waals surface area contributed by atoms with Crippen molar-refractivity contribution >= 4 is 11.8 Å². The molecule has 1 unspecified atom stereocenters. The molecule has 1 aromatic carbocycles. The summed E-state index contributed by atoms with van der Waals surface area (Å²) < 4.78 is 0. The molecule has 3 N–H and O–H groups in total. The summed E-state index contributed by atoms with van der Waals surface area (Å²) in [5, 5.41) is 15.0. The Morgan fingerprint density at radius 2 is 1.84 bits per heavy atom. The molecule has 5 heteroatoms. The van der Waals surface area contributed by atoms with Crippen LogP contribution in [-0.2, 0) is 9.59 Å². The standard InChI is InChI=1S/C14H20N2O3/c1-10(2)16-12(17)8-9-15-14(19)13(18)11-6-4-3-5-7-11/h3-7,10,13,18H,8-9H2,1-2H3,(H,15,19)(H,16,17). The van der Waals surface area contributed by atoms with E-state index in [1.165, 1.54) is 0 Å². The van der Waals surface area contributed by atoms with E-state index in [2.05, 4.69) is 10.6 Å². The van der Waals surface area contributed by atoms with E-state index in [1.807, 2.05) is 19.9 Å². The summed E-state index contributed by atoms with van der Waals surface area (Å²) in [5.74, 6) is -0.618. The maximum Gasteiger partial charge on any atom is 0.253 e. The highest BCUT2D eigenvalue weighted by Gasteiger charge is 2.16. The molecule has 0 radical (unpaired) electrons. The van der Waals surface area contributed by atoms with Gasteiger partial charge in [0.05, 0.1) is 0 Å². The molecule has 0 aromatic heterocycles. The van der Waals surface area contributed by atoms with Crippen LogP contribution in [0, 0.1) is 0 Å². The topological polar surface area (TPSA) is 78.4 Å². The van der Waals surface area contributed by atoms with Gasteiger partial charge in [0.1, 0.15) is 0 Å². The van der Waals surface area contributed by atoms with E-state index in [1.54, 1.807) is 24.3 Å². The van der Waals surface area contributed by atoms with Gasteiger partial charge in [-0.25, -0.2) is 0 Å². The fourth-order valence-electron chi connectivity index (χ4n) is 1.58. The summed E-state index contributed by atoms with van der Waals surface area (Å²) in [6.45, 7) is 3.95. The van der Waals surface area contributed by atoms with Gasteiger partial charge in [-0.1, -0.05) is 30.3 Å². The highest BCUT2D eigenvalue weighted by Crippen LogP contribution is 2.11. The summed E-state index contributed by atoms with van der Waals surface area (Å²) in [5.41, 5.74) is 0.534. The van der Waals surface area contributed by atoms with Crippen molar-refractivity contribution in [3.63, 3.8) is 0 Å². The van der Waals surface area contributed by atoms with Crippen LogP contribution < -0.4 is 10.6 Å². The fourth-order valence-corrected chi connectivity index (χ4v) is 1.58. The van der Waals surface area contributed by atoms with E-state index >= 15 is 0 Å². The van der Waals surface area contributed by atoms with Crippen molar-refractivity contribution in [3.8, 4) is 0 Å². The third-order valence-electron chi connectivity index (χ3n) is 2.46. The highest BCUT2D eigenvalue weighted by atomic mass is 16.3. The zero-order chi connectivity index (χ0) is 14.3. The minimum absolute atomic E-state index is 0.0816. The molecule has 0 heterocycles. The molecule has 5 nitrogen and oxygen atoms in total. The zero-order valence-electron chi connectivity index (χ0n) is 11.2. The number of carbonyl (C=O) groups is 2. The van der Waals surface area contributed by atoms with Gasteiger partial charge in [-0.3, -0.25) is 9.59 Å². The van der Waals surface area contributed by atoms with Crippen LogP contribution in [0.3, 0.4) is 0 Å². The first-order valence-corrected chi connectivity index (χ1v) is 6.30. The lowest BCUT2D eigenvalue weighted by molar-refractivity contribution is -0.129. The zero-order valence-corrected chi connectivity index (χ0v) is 11.2. The summed E-state index contributed by atoms with van der Waals surface area (Å²) >= 11 is 0. The Balaban J connectivity index is 2.34. The number of benzene rings is 1. The van der Waals surface area contributed by atoms with Crippen molar-refractivity contribution in [1.82, 2.24) is 10.6 Å². The Bertz CT molecular complexity index is 418. The molecule has 0 saturated carbocycles. The summed E-state index contributed by atoms with van der Waals surface area (Å²) in [4.78, 5) is 23.0. The molecule has 104 valence electrons. The van der Waals surface area contributed by atoms with Gasteiger partial charge in [0.15, 0.2) is 6.10 Å². The van der Waals surface area contributed by atoms with Gasteiger partial charge in [0.25, 0.3) is 5.91 Å². The van der Waals surface area contributed by atoms with Crippen LogP contribution in [0.2, 0.25) is 0 Å². The lowest BCUT2D eigenvalue weighted by atomic mass is 10.1. The molecule has 19 heavy (non-hydrogen) atoms. The third-order valence-corrected chi connectivity index (χ3v) is 2.46. The maximum atomic E-state index is 11.7. The van der Waals surface area contributed by atoms with Gasteiger partial charge in [-0.05, 0) is 19.4 Å². The quantitative estimate of drug-likeness (QED) is 0.709. The van der Waals surface area contributed by atoms with Crippen LogP contribution in [0.5, 0.6) is 0 Å². The predicted molar refractivity (Wildman–Crippen MR) is 72.3 cm³/mol. The van der Waals surface area contributed by atoms with E-state index in [0.717, 1.165) is 0 Å². The summed E-state index contributed by atoms with van der Waals surface area (Å²) in [7, 11) is 0. The Morgan fingerprint density at radius 3 is 2.42 bits per heavy atom. The minimum Gasteiger partial charge on any atom is -0.378 e. The van der Waals surface area contributed by atoms with Crippen molar-refractivity contribution in [2.45, 2.75) is 32.4 Å². The van der Waals surface area contributed by atoms with Gasteiger partial charge in [-0.15, -0.1) is 0 Å². The van der Waals surface area contributed by atoms with Crippen molar-refractivity contribution in [2.75, 3.05) is 6.54 Å². The number of aliphatic hydroxyl groups is 1. The minimum atomic E-state index is -1.20. The molecule has 1 rings (SSSR count). The molecule has 0 aliphatic carbocycles. The molecule has 1 aromatic rings. The predicted octanol–water partition coefficient (Wildman–Crippen LogP) is 0.751. The largest absolute Gasteiger partial charge is 0.378 e. The van der Waals surface area contributed by atoms with Gasteiger partial charge < -0.3 is 15.7 Å². The average Bonchev–Trinajstić information content (AvgIpc) is 2.37. The Labute approximate surface area is 113 Å². The molecule has 1 atom stereocenters. The van der Waals surface area contributed by atoms with E-state index in [-0.39, 0.29) is 24.9 Å². The van der Waals surface area contributed by atoms with Gasteiger partial charge in [-0.2, -0.15) is 0 Å². The van der Waals surface area contributed by atoms with Crippen LogP contribution in [0.1, 0.15) is 31.9 Å². The van der Waals surface area contributed by atoms with E-state index in [4.69, 9.17) is 0 Å². The van der Waals surface area contributed by atoms with Gasteiger partial charge >= 0.3 is 0 Å². The molecule has 0 aliphatic heterocycles. The van der Waals surface area contributed by atoms with Crippen molar-refractivity contribution in [3.05, 3.63) is 35.9 Å². The molecular formula is C14H20N2O3. The second kappa shape index (κ2) is 7.53. The monoisotopic (exact) mass is 264 g/mol. The van der Waals surface area contributed by atoms with E-state index < -0.39 is 12.0 Å². The first kappa shape index (κ1) is 15.2. The van der Waals surface area contributed by atoms with Crippen molar-refractivity contribution < 1.29 is 14.7 Å². The Morgan fingerprint density at radius 1 is 1.21 bits per heavy atom. The normalized spacial score (nSPS) is 12.0. The number of nitrogens with one attached hydrogen (secondary N) is 2. The second-order valence-electron chi connectivity index (χ2n) is 4.58. The highest BCUT2D eigenvalue weighted by molar-refractivity contribution is 5.83. The van der Waals surface area contributed by atoms with Crippen LogP contribution >= 0.6 is 0 Å². The number of rotatable bonds is 6. The number of hydrogen-bond acceptors (Lipinski definition) is 3. The summed E-state index contributed by atoms with van der Waals surface area (Å²) in [6.07, 6.45) is -1.000. The maximum absolute atomic E-state index is 11.7. The average molecular weight is 264 g/mol. The number of hydrogen-bond donors (Lipinski definition) is 3. The lowest BCUT2D eigenvalue weighted by Crippen LogP contribution is -2.35. The first-order valence-electron chi connectivity index (χ1n) is 6.30. The SMILES string of the molecule is CC(C)NC(=O)CCNC(=O)C(O)c1ccccc1. The van der Waals surface area contributed by atoms with Crippen LogP contribution in [0.25, 0.3) is 0 Å². The van der Waals surface area contributed by atoms with Crippen molar-refractivity contribution in [2.24, 2.45) is 0 Å². The summed E-state index contributed by atoms with van der Waals surface area (Å²) in [6, 6.07) is 8.75.